The molecule has 8 nitrogen and oxygen atoms in total. The highest BCUT2D eigenvalue weighted by Crippen LogP contribution is 2.21. The van der Waals surface area contributed by atoms with Crippen LogP contribution in [0.2, 0.25) is 0 Å². The molecule has 2 atom stereocenters. The summed E-state index contributed by atoms with van der Waals surface area (Å²) in [5, 5.41) is 12.0. The minimum absolute atomic E-state index is 0.0231. The third-order valence-electron chi connectivity index (χ3n) is 3.28. The van der Waals surface area contributed by atoms with Crippen molar-refractivity contribution in [3.8, 4) is 0 Å². The smallest absolute Gasteiger partial charge is 0.410 e. The zero-order valence-corrected chi connectivity index (χ0v) is 15.2. The van der Waals surface area contributed by atoms with Crippen LogP contribution in [0.15, 0.2) is 0 Å². The van der Waals surface area contributed by atoms with Gasteiger partial charge in [-0.25, -0.2) is 9.59 Å². The summed E-state index contributed by atoms with van der Waals surface area (Å²) >= 11 is 0. The normalized spacial score (nSPS) is 21.8. The maximum Gasteiger partial charge on any atom is 0.410 e. The number of likely N-dealkylation sites (tertiary alicyclic amines) is 1. The second-order valence-electron chi connectivity index (χ2n) is 7.91. The van der Waals surface area contributed by atoms with Gasteiger partial charge in [0.05, 0.1) is 5.92 Å². The molecule has 2 N–H and O–H groups in total. The van der Waals surface area contributed by atoms with E-state index < -0.39 is 41.3 Å². The molecule has 1 rings (SSSR count). The molecule has 1 aliphatic rings. The van der Waals surface area contributed by atoms with Crippen molar-refractivity contribution in [3.05, 3.63) is 0 Å². The lowest BCUT2D eigenvalue weighted by atomic mass is 9.92. The van der Waals surface area contributed by atoms with Crippen LogP contribution in [-0.2, 0) is 14.3 Å². The Morgan fingerprint density at radius 1 is 1.04 bits per heavy atom. The van der Waals surface area contributed by atoms with E-state index in [4.69, 9.17) is 9.47 Å². The Hall–Kier alpha value is -1.99. The summed E-state index contributed by atoms with van der Waals surface area (Å²) in [6.45, 7) is 10.7. The number of nitrogens with one attached hydrogen (secondary N) is 1. The van der Waals surface area contributed by atoms with Gasteiger partial charge in [-0.15, -0.1) is 0 Å². The maximum atomic E-state index is 12.1. The van der Waals surface area contributed by atoms with Crippen LogP contribution in [0.4, 0.5) is 9.59 Å². The number of alkyl carbamates (subject to hydrolysis) is 1. The number of nitrogens with zero attached hydrogens (tertiary/aromatic N) is 1. The van der Waals surface area contributed by atoms with Crippen molar-refractivity contribution in [2.75, 3.05) is 13.1 Å². The van der Waals surface area contributed by atoms with Gasteiger partial charge < -0.3 is 24.8 Å². The molecule has 2 amide bonds. The lowest BCUT2D eigenvalue weighted by Crippen LogP contribution is -2.55. The number of ether oxygens (including phenoxy) is 2. The fourth-order valence-corrected chi connectivity index (χ4v) is 2.33. The average molecular weight is 344 g/mol. The Morgan fingerprint density at radius 3 is 2.04 bits per heavy atom. The van der Waals surface area contributed by atoms with Gasteiger partial charge in [-0.1, -0.05) is 0 Å². The summed E-state index contributed by atoms with van der Waals surface area (Å²) in [5.74, 6) is -2.00. The fourth-order valence-electron chi connectivity index (χ4n) is 2.33. The van der Waals surface area contributed by atoms with Crippen LogP contribution in [0.25, 0.3) is 0 Å². The number of carbonyl (C=O) groups excluding carboxylic acids is 2. The summed E-state index contributed by atoms with van der Waals surface area (Å²) < 4.78 is 10.4. The highest BCUT2D eigenvalue weighted by Gasteiger charge is 2.38. The molecule has 24 heavy (non-hydrogen) atoms. The van der Waals surface area contributed by atoms with Crippen molar-refractivity contribution >= 4 is 18.2 Å². The number of carbonyl (C=O) groups is 3. The van der Waals surface area contributed by atoms with Crippen molar-refractivity contribution in [1.82, 2.24) is 10.2 Å². The van der Waals surface area contributed by atoms with Gasteiger partial charge in [-0.3, -0.25) is 4.79 Å². The topological polar surface area (TPSA) is 105 Å². The second-order valence-corrected chi connectivity index (χ2v) is 7.91. The van der Waals surface area contributed by atoms with E-state index in [0.717, 1.165) is 0 Å². The molecule has 1 fully saturated rings. The van der Waals surface area contributed by atoms with Crippen molar-refractivity contribution in [2.45, 2.75) is 65.2 Å². The molecule has 0 saturated carbocycles. The van der Waals surface area contributed by atoms with Gasteiger partial charge in [0.25, 0.3) is 0 Å². The molecular formula is C16H28N2O6. The molecule has 1 saturated heterocycles. The standard InChI is InChI=1S/C16H28N2O6/c1-15(2,3)23-13(21)17-11-7-8-18(9-10(11)12(19)20)14(22)24-16(4,5)6/h10-11H,7-9H2,1-6H3,(H,17,21)(H,19,20). The van der Waals surface area contributed by atoms with Gasteiger partial charge in [0.15, 0.2) is 0 Å². The van der Waals surface area contributed by atoms with Gasteiger partial charge in [0.2, 0.25) is 0 Å². The molecule has 0 aromatic heterocycles. The summed E-state index contributed by atoms with van der Waals surface area (Å²) in [6, 6.07) is -0.601. The fraction of sp³-hybridized carbons (Fsp3) is 0.812. The molecule has 1 aliphatic heterocycles. The lowest BCUT2D eigenvalue weighted by Gasteiger charge is -2.37. The molecule has 0 aromatic carbocycles. The number of carboxylic acids is 1. The van der Waals surface area contributed by atoms with E-state index in [0.29, 0.717) is 13.0 Å². The Balaban J connectivity index is 2.71. The number of hydrogen-bond donors (Lipinski definition) is 2. The lowest BCUT2D eigenvalue weighted by molar-refractivity contribution is -0.144. The molecule has 0 aliphatic carbocycles. The predicted molar refractivity (Wildman–Crippen MR) is 86.7 cm³/mol. The van der Waals surface area contributed by atoms with Crippen LogP contribution in [0.3, 0.4) is 0 Å². The summed E-state index contributed by atoms with van der Waals surface area (Å²) in [7, 11) is 0. The molecule has 138 valence electrons. The van der Waals surface area contributed by atoms with Crippen molar-refractivity contribution in [3.63, 3.8) is 0 Å². The van der Waals surface area contributed by atoms with Crippen LogP contribution in [-0.4, -0.2) is 58.5 Å². The first kappa shape index (κ1) is 20.1. The van der Waals surface area contributed by atoms with E-state index in [1.165, 1.54) is 4.90 Å². The molecule has 0 spiro atoms. The van der Waals surface area contributed by atoms with Crippen molar-refractivity contribution < 1.29 is 29.0 Å². The van der Waals surface area contributed by atoms with Gasteiger partial charge in [0.1, 0.15) is 11.2 Å². The maximum absolute atomic E-state index is 12.1. The minimum atomic E-state index is -1.08. The van der Waals surface area contributed by atoms with Crippen LogP contribution in [0.5, 0.6) is 0 Å². The third kappa shape index (κ3) is 6.64. The van der Waals surface area contributed by atoms with Crippen LogP contribution in [0.1, 0.15) is 48.0 Å². The van der Waals surface area contributed by atoms with E-state index in [9.17, 15) is 19.5 Å². The first-order valence-electron chi connectivity index (χ1n) is 7.99. The number of amides is 2. The highest BCUT2D eigenvalue weighted by atomic mass is 16.6. The van der Waals surface area contributed by atoms with E-state index in [1.807, 2.05) is 0 Å². The highest BCUT2D eigenvalue weighted by molar-refractivity contribution is 5.76. The van der Waals surface area contributed by atoms with Crippen LogP contribution < -0.4 is 5.32 Å². The molecule has 0 radical (unpaired) electrons. The monoisotopic (exact) mass is 344 g/mol. The molecule has 8 heteroatoms. The minimum Gasteiger partial charge on any atom is -0.481 e. The summed E-state index contributed by atoms with van der Waals surface area (Å²) in [6.07, 6.45) is -0.899. The SMILES string of the molecule is CC(C)(C)OC(=O)NC1CCN(C(=O)OC(C)(C)C)CC1C(=O)O. The molecule has 1 heterocycles. The Bertz CT molecular complexity index is 492. The largest absolute Gasteiger partial charge is 0.481 e. The third-order valence-corrected chi connectivity index (χ3v) is 3.28. The first-order chi connectivity index (χ1) is 10.8. The molecule has 0 aromatic rings. The van der Waals surface area contributed by atoms with Crippen molar-refractivity contribution in [1.29, 1.82) is 0 Å². The van der Waals surface area contributed by atoms with E-state index in [1.54, 1.807) is 41.5 Å². The van der Waals surface area contributed by atoms with Crippen LogP contribution in [0, 0.1) is 5.92 Å². The Labute approximate surface area is 142 Å². The predicted octanol–water partition coefficient (Wildman–Crippen LogP) is 2.22. The van der Waals surface area contributed by atoms with Gasteiger partial charge in [-0.05, 0) is 48.0 Å². The zero-order valence-electron chi connectivity index (χ0n) is 15.2. The first-order valence-corrected chi connectivity index (χ1v) is 7.99. The zero-order chi connectivity index (χ0) is 18.7. The second kappa shape index (κ2) is 7.27. The van der Waals surface area contributed by atoms with Gasteiger partial charge in [0, 0.05) is 19.1 Å². The summed E-state index contributed by atoms with van der Waals surface area (Å²) in [5.41, 5.74) is -1.32. The Kier molecular flexibility index (Phi) is 6.08. The summed E-state index contributed by atoms with van der Waals surface area (Å²) in [4.78, 5) is 36.8. The molecular weight excluding hydrogens is 316 g/mol. The molecule has 2 unspecified atom stereocenters. The number of hydrogen-bond acceptors (Lipinski definition) is 5. The van der Waals surface area contributed by atoms with Gasteiger partial charge >= 0.3 is 18.2 Å². The van der Waals surface area contributed by atoms with E-state index >= 15 is 0 Å². The number of carboxylic acid groups (broad SMARTS) is 1. The van der Waals surface area contributed by atoms with Crippen molar-refractivity contribution in [2.24, 2.45) is 5.92 Å². The number of piperidine rings is 1. The van der Waals surface area contributed by atoms with Gasteiger partial charge in [-0.2, -0.15) is 0 Å². The Morgan fingerprint density at radius 2 is 1.58 bits per heavy atom. The van der Waals surface area contributed by atoms with E-state index in [2.05, 4.69) is 5.32 Å². The number of rotatable bonds is 2. The number of aliphatic carboxylic acids is 1. The van der Waals surface area contributed by atoms with Crippen LogP contribution >= 0.6 is 0 Å². The molecule has 0 bridgehead atoms. The van der Waals surface area contributed by atoms with E-state index in [-0.39, 0.29) is 6.54 Å². The quantitative estimate of drug-likeness (QED) is 0.796. The average Bonchev–Trinajstić information content (AvgIpc) is 2.34.